The lowest BCUT2D eigenvalue weighted by atomic mass is 10.3. The second-order valence-corrected chi connectivity index (χ2v) is 3.67. The van der Waals surface area contributed by atoms with Crippen LogP contribution < -0.4 is 5.32 Å². The average Bonchev–Trinajstić information content (AvgIpc) is 2.64. The lowest BCUT2D eigenvalue weighted by Gasteiger charge is -2.11. The maximum Gasteiger partial charge on any atom is 0.323 e. The third-order valence-corrected chi connectivity index (χ3v) is 2.42. The molecule has 0 amide bonds. The average molecular weight is 216 g/mol. The zero-order valence-corrected chi connectivity index (χ0v) is 8.58. The van der Waals surface area contributed by atoms with Gasteiger partial charge in [-0.2, -0.15) is 0 Å². The number of hydrogen-bond acceptors (Lipinski definition) is 5. The van der Waals surface area contributed by atoms with Gasteiger partial charge in [-0.25, -0.2) is 0 Å². The number of carboxylic acid groups (broad SMARTS) is 1. The first-order valence-electron chi connectivity index (χ1n) is 4.06. The Balaban J connectivity index is 2.37. The molecular formula is C8H12N2O3S. The number of aliphatic carboxylic acids is 1. The summed E-state index contributed by atoms with van der Waals surface area (Å²) in [7, 11) is 1.48. The molecule has 0 aliphatic carbocycles. The molecule has 1 rings (SSSR count). The lowest BCUT2D eigenvalue weighted by molar-refractivity contribution is -0.140. The molecular weight excluding hydrogens is 204 g/mol. The fourth-order valence-corrected chi connectivity index (χ4v) is 1.48. The molecule has 0 aromatic carbocycles. The number of ether oxygens (including phenoxy) is 1. The number of thiazole rings is 1. The number of rotatable bonds is 6. The molecule has 0 aliphatic rings. The van der Waals surface area contributed by atoms with E-state index in [1.54, 1.807) is 11.7 Å². The molecule has 6 heteroatoms. The Morgan fingerprint density at radius 1 is 1.86 bits per heavy atom. The largest absolute Gasteiger partial charge is 0.480 e. The number of carbonyl (C=O) groups is 1. The number of nitrogens with zero attached hydrogens (tertiary/aromatic N) is 1. The predicted octanol–water partition coefficient (Wildman–Crippen LogP) is 0.332. The topological polar surface area (TPSA) is 71.5 Å². The monoisotopic (exact) mass is 216 g/mol. The maximum atomic E-state index is 10.7. The quantitative estimate of drug-likeness (QED) is 0.717. The first-order valence-corrected chi connectivity index (χ1v) is 4.94. The third kappa shape index (κ3) is 3.41. The van der Waals surface area contributed by atoms with Crippen LogP contribution in [0.15, 0.2) is 11.7 Å². The van der Waals surface area contributed by atoms with Crippen molar-refractivity contribution in [2.24, 2.45) is 0 Å². The summed E-state index contributed by atoms with van der Waals surface area (Å²) >= 11 is 1.49. The van der Waals surface area contributed by atoms with Gasteiger partial charge in [-0.15, -0.1) is 11.3 Å². The SMILES string of the molecule is COCC(NCc1cncs1)C(=O)O. The molecule has 1 heterocycles. The van der Waals surface area contributed by atoms with E-state index in [0.717, 1.165) is 4.88 Å². The molecule has 1 aromatic rings. The summed E-state index contributed by atoms with van der Waals surface area (Å²) in [6.45, 7) is 0.666. The molecule has 1 atom stereocenters. The molecule has 1 unspecified atom stereocenters. The van der Waals surface area contributed by atoms with Crippen LogP contribution in [-0.2, 0) is 16.1 Å². The van der Waals surface area contributed by atoms with Crippen LogP contribution in [-0.4, -0.2) is 35.8 Å². The Morgan fingerprint density at radius 2 is 2.64 bits per heavy atom. The fourth-order valence-electron chi connectivity index (χ4n) is 0.937. The minimum absolute atomic E-state index is 0.161. The van der Waals surface area contributed by atoms with Gasteiger partial charge >= 0.3 is 5.97 Å². The van der Waals surface area contributed by atoms with Crippen molar-refractivity contribution in [1.82, 2.24) is 10.3 Å². The summed E-state index contributed by atoms with van der Waals surface area (Å²) in [6.07, 6.45) is 1.71. The molecule has 1 aromatic heterocycles. The Morgan fingerprint density at radius 3 is 3.14 bits per heavy atom. The summed E-state index contributed by atoms with van der Waals surface area (Å²) < 4.78 is 4.78. The molecule has 0 saturated carbocycles. The van der Waals surface area contributed by atoms with Crippen LogP contribution in [0.5, 0.6) is 0 Å². The summed E-state index contributed by atoms with van der Waals surface area (Å²) in [5, 5.41) is 11.6. The molecule has 0 spiro atoms. The Bertz CT molecular complexity index is 276. The number of carboxylic acids is 1. The van der Waals surface area contributed by atoms with E-state index in [9.17, 15) is 4.79 Å². The van der Waals surface area contributed by atoms with Crippen molar-refractivity contribution in [3.05, 3.63) is 16.6 Å². The van der Waals surface area contributed by atoms with E-state index in [0.29, 0.717) is 6.54 Å². The van der Waals surface area contributed by atoms with Gasteiger partial charge in [0.2, 0.25) is 0 Å². The molecule has 0 fully saturated rings. The molecule has 5 nitrogen and oxygen atoms in total. The molecule has 0 radical (unpaired) electrons. The van der Waals surface area contributed by atoms with Crippen molar-refractivity contribution < 1.29 is 14.6 Å². The first kappa shape index (κ1) is 11.1. The fraction of sp³-hybridized carbons (Fsp3) is 0.500. The molecule has 0 saturated heterocycles. The van der Waals surface area contributed by atoms with Crippen LogP contribution in [0, 0.1) is 0 Å². The van der Waals surface area contributed by atoms with Gasteiger partial charge in [0.25, 0.3) is 0 Å². The number of methoxy groups -OCH3 is 1. The standard InChI is InChI=1S/C8H12N2O3S/c1-13-4-7(8(11)12)10-3-6-2-9-5-14-6/h2,5,7,10H,3-4H2,1H3,(H,11,12). The van der Waals surface area contributed by atoms with Gasteiger partial charge in [-0.1, -0.05) is 0 Å². The van der Waals surface area contributed by atoms with Crippen molar-refractivity contribution >= 4 is 17.3 Å². The van der Waals surface area contributed by atoms with E-state index in [1.165, 1.54) is 18.4 Å². The van der Waals surface area contributed by atoms with Crippen LogP contribution in [0.25, 0.3) is 0 Å². The van der Waals surface area contributed by atoms with E-state index >= 15 is 0 Å². The highest BCUT2D eigenvalue weighted by Crippen LogP contribution is 2.04. The van der Waals surface area contributed by atoms with Crippen molar-refractivity contribution in [3.63, 3.8) is 0 Å². The summed E-state index contributed by atoms with van der Waals surface area (Å²) in [6, 6.07) is -0.665. The molecule has 0 aliphatic heterocycles. The van der Waals surface area contributed by atoms with Crippen LogP contribution in [0.3, 0.4) is 0 Å². The van der Waals surface area contributed by atoms with Crippen molar-refractivity contribution in [2.45, 2.75) is 12.6 Å². The lowest BCUT2D eigenvalue weighted by Crippen LogP contribution is -2.39. The number of nitrogens with one attached hydrogen (secondary N) is 1. The van der Waals surface area contributed by atoms with Gasteiger partial charge in [0.15, 0.2) is 0 Å². The molecule has 78 valence electrons. The van der Waals surface area contributed by atoms with Gasteiger partial charge in [-0.05, 0) is 0 Å². The van der Waals surface area contributed by atoms with Crippen LogP contribution in [0.2, 0.25) is 0 Å². The second-order valence-electron chi connectivity index (χ2n) is 2.69. The Kier molecular flexibility index (Phi) is 4.51. The molecule has 14 heavy (non-hydrogen) atoms. The number of aromatic nitrogens is 1. The highest BCUT2D eigenvalue weighted by atomic mass is 32.1. The zero-order chi connectivity index (χ0) is 10.4. The normalized spacial score (nSPS) is 12.6. The highest BCUT2D eigenvalue weighted by molar-refractivity contribution is 7.09. The van der Waals surface area contributed by atoms with E-state index in [4.69, 9.17) is 9.84 Å². The van der Waals surface area contributed by atoms with Gasteiger partial charge in [0, 0.05) is 24.7 Å². The minimum atomic E-state index is -0.906. The van der Waals surface area contributed by atoms with Gasteiger partial charge in [0.1, 0.15) is 6.04 Å². The van der Waals surface area contributed by atoms with Gasteiger partial charge in [-0.3, -0.25) is 15.1 Å². The van der Waals surface area contributed by atoms with Gasteiger partial charge in [0.05, 0.1) is 12.1 Å². The van der Waals surface area contributed by atoms with Crippen LogP contribution in [0.1, 0.15) is 4.88 Å². The van der Waals surface area contributed by atoms with Gasteiger partial charge < -0.3 is 9.84 Å². The van der Waals surface area contributed by atoms with E-state index in [1.807, 2.05) is 0 Å². The van der Waals surface area contributed by atoms with E-state index < -0.39 is 12.0 Å². The van der Waals surface area contributed by atoms with Crippen molar-refractivity contribution in [3.8, 4) is 0 Å². The van der Waals surface area contributed by atoms with Crippen molar-refractivity contribution in [1.29, 1.82) is 0 Å². The van der Waals surface area contributed by atoms with Crippen molar-refractivity contribution in [2.75, 3.05) is 13.7 Å². The Labute approximate surface area is 85.7 Å². The minimum Gasteiger partial charge on any atom is -0.480 e. The second kappa shape index (κ2) is 5.69. The number of hydrogen-bond donors (Lipinski definition) is 2. The smallest absolute Gasteiger partial charge is 0.323 e. The van der Waals surface area contributed by atoms with E-state index in [-0.39, 0.29) is 6.61 Å². The highest BCUT2D eigenvalue weighted by Gasteiger charge is 2.16. The first-order chi connectivity index (χ1) is 6.74. The summed E-state index contributed by atoms with van der Waals surface area (Å²) in [4.78, 5) is 15.6. The summed E-state index contributed by atoms with van der Waals surface area (Å²) in [5.74, 6) is -0.906. The van der Waals surface area contributed by atoms with E-state index in [2.05, 4.69) is 10.3 Å². The molecule has 2 N–H and O–H groups in total. The molecule has 0 bridgehead atoms. The third-order valence-electron chi connectivity index (χ3n) is 1.64. The maximum absolute atomic E-state index is 10.7. The predicted molar refractivity (Wildman–Crippen MR) is 52.3 cm³/mol. The van der Waals surface area contributed by atoms with Crippen LogP contribution in [0.4, 0.5) is 0 Å². The summed E-state index contributed by atoms with van der Waals surface area (Å²) in [5.41, 5.74) is 1.71. The zero-order valence-electron chi connectivity index (χ0n) is 7.77. The Hall–Kier alpha value is -0.980. The van der Waals surface area contributed by atoms with Crippen LogP contribution >= 0.6 is 11.3 Å².